The van der Waals surface area contributed by atoms with Crippen molar-refractivity contribution in [3.05, 3.63) is 0 Å². The molecule has 0 aromatic rings. The first-order chi connectivity index (χ1) is 0. The summed E-state index contributed by atoms with van der Waals surface area (Å²) in [7, 11) is 0. The van der Waals surface area contributed by atoms with Gasteiger partial charge in [-0.1, -0.05) is 0 Å². The van der Waals surface area contributed by atoms with Crippen LogP contribution in [0.25, 0.3) is 0 Å². The molecule has 0 bridgehead atoms. The van der Waals surface area contributed by atoms with E-state index >= 15 is 0 Å². The average molecular weight is 402 g/mol. The molecule has 1 unspecified atom stereocenters. The first-order valence-electron chi connectivity index (χ1n) is 0. The molecule has 0 N–H and O–H groups in total. The molecule has 0 amide bonds. The third kappa shape index (κ3) is 8.83. The third-order valence-corrected chi connectivity index (χ3v) is 0. The molecule has 4 heteroatoms. The molecule has 0 heterocycles. The van der Waals surface area contributed by atoms with E-state index < -0.39 is 0 Å². The van der Waals surface area contributed by atoms with Gasteiger partial charge in [0.15, 0.2) is 0 Å². The van der Waals surface area contributed by atoms with Crippen LogP contribution in [0.4, 0.5) is 0 Å². The van der Waals surface area contributed by atoms with Crippen molar-refractivity contribution in [3.8, 4) is 0 Å². The van der Waals surface area contributed by atoms with Crippen LogP contribution in [0.5, 0.6) is 0 Å². The van der Waals surface area contributed by atoms with Gasteiger partial charge in [0.2, 0.25) is 0 Å². The van der Waals surface area contributed by atoms with Crippen molar-refractivity contribution in [3.63, 3.8) is 0 Å². The van der Waals surface area contributed by atoms with Gasteiger partial charge in [-0.05, 0) is 0 Å². The van der Waals surface area contributed by atoms with Crippen LogP contribution in [0.1, 0.15) is 0 Å². The van der Waals surface area contributed by atoms with Crippen LogP contribution < -0.4 is 0 Å². The summed E-state index contributed by atoms with van der Waals surface area (Å²) in [6.45, 7) is 0. The zero-order valence-corrected chi connectivity index (χ0v) is 6.52. The Hall–Kier alpha value is 2.38. The average Bonchev–Trinajstić information content (AvgIpc) is 0. The van der Waals surface area contributed by atoms with Crippen molar-refractivity contribution in [1.29, 1.82) is 0 Å². The predicted octanol–water partition coefficient (Wildman–Crippen LogP) is -1.40. The minimum atomic E-state index is 0. The van der Waals surface area contributed by atoms with Crippen LogP contribution >= 0.6 is 9.90 Å². The summed E-state index contributed by atoms with van der Waals surface area (Å²) in [5.41, 5.74) is 0. The van der Waals surface area contributed by atoms with Crippen molar-refractivity contribution in [2.45, 2.75) is 0 Å². The van der Waals surface area contributed by atoms with Gasteiger partial charge < -0.3 is 0 Å². The molecule has 0 nitrogen and oxygen atoms in total. The number of hydrogen-bond donors (Lipinski definition) is 0. The molecule has 33 valence electrons. The van der Waals surface area contributed by atoms with Crippen molar-refractivity contribution >= 4 is 33.8 Å². The summed E-state index contributed by atoms with van der Waals surface area (Å²) in [6, 6.07) is 0. The molecule has 1 atom stereocenters. The van der Waals surface area contributed by atoms with E-state index in [0.717, 1.165) is 0 Å². The first-order valence-corrected chi connectivity index (χ1v) is 0. The molecule has 0 fully saturated rings. The van der Waals surface area contributed by atoms with E-state index in [1.54, 1.807) is 0 Å². The molecule has 0 spiro atoms. The Morgan fingerprint density at radius 3 is 1.00 bits per heavy atom. The molecule has 1 radical (unpaired) electrons. The number of rotatable bonds is 0. The Kier molecular flexibility index (Phi) is 148. The minimum absolute atomic E-state index is 0. The fourth-order valence-electron chi connectivity index (χ4n) is 0. The third-order valence-electron chi connectivity index (χ3n) is 0. The Bertz CT molecular complexity index is 8.00. The monoisotopic (exact) mass is 403 g/mol. The topological polar surface area (TPSA) is 0 Å². The van der Waals surface area contributed by atoms with Gasteiger partial charge >= 0.3 is 23.9 Å². The fourth-order valence-corrected chi connectivity index (χ4v) is 0. The molecule has 0 aromatic heterocycles. The van der Waals surface area contributed by atoms with Gasteiger partial charge in [0.25, 0.3) is 0 Å². The Morgan fingerprint density at radius 2 is 1.00 bits per heavy atom. The summed E-state index contributed by atoms with van der Waals surface area (Å²) in [6.07, 6.45) is 0. The summed E-state index contributed by atoms with van der Waals surface area (Å²) < 4.78 is 0. The molecule has 0 aliphatic rings. The molecule has 0 saturated carbocycles. The Labute approximate surface area is 70.0 Å². The van der Waals surface area contributed by atoms with E-state index in [-0.39, 0.29) is 70.7 Å². The fraction of sp³-hybridized carbons (Fsp3) is 0. The van der Waals surface area contributed by atoms with Gasteiger partial charge in [-0.3, -0.25) is 0 Å². The van der Waals surface area contributed by atoms with Crippen LogP contribution in [-0.4, -0.2) is 23.9 Å². The Balaban J connectivity index is 0. The number of hydrogen-bond acceptors (Lipinski definition) is 0. The van der Waals surface area contributed by atoms with Crippen molar-refractivity contribution in [2.75, 3.05) is 0 Å². The van der Waals surface area contributed by atoms with Gasteiger partial charge in [0.1, 0.15) is 0 Å². The summed E-state index contributed by atoms with van der Waals surface area (Å²) in [5.74, 6) is 0. The maximum absolute atomic E-state index is 0. The van der Waals surface area contributed by atoms with E-state index in [4.69, 9.17) is 0 Å². The van der Waals surface area contributed by atoms with E-state index in [1.165, 1.54) is 0 Å². The molecular weight excluding hydrogens is 395 g/mol. The van der Waals surface area contributed by atoms with Gasteiger partial charge in [-0.2, -0.15) is 9.90 Å². The van der Waals surface area contributed by atoms with E-state index in [2.05, 4.69) is 0 Å². The second-order valence-corrected chi connectivity index (χ2v) is 0. The maximum atomic E-state index is 0. The molecule has 0 saturated heterocycles. The van der Waals surface area contributed by atoms with E-state index in [0.29, 0.717) is 0 Å². The van der Waals surface area contributed by atoms with Crippen molar-refractivity contribution in [1.82, 2.24) is 0 Å². The van der Waals surface area contributed by atoms with E-state index in [9.17, 15) is 0 Å². The van der Waals surface area contributed by atoms with Gasteiger partial charge in [-0.15, -0.1) is 0 Å². The van der Waals surface area contributed by atoms with Crippen LogP contribution in [0.15, 0.2) is 0 Å². The van der Waals surface area contributed by atoms with Crippen molar-refractivity contribution < 1.29 is 36.9 Å². The quantitative estimate of drug-likeness (QED) is 0.346. The summed E-state index contributed by atoms with van der Waals surface area (Å²) >= 11 is 0. The van der Waals surface area contributed by atoms with Gasteiger partial charge in [0, 0.05) is 36.9 Å². The van der Waals surface area contributed by atoms with Crippen LogP contribution in [0, 0.1) is 0 Å². The molecule has 0 aromatic carbocycles. The summed E-state index contributed by atoms with van der Waals surface area (Å²) in [5, 5.41) is 0. The van der Waals surface area contributed by atoms with Crippen LogP contribution in [0.2, 0.25) is 0 Å². The Morgan fingerprint density at radius 1 is 1.00 bits per heavy atom. The molecule has 0 aliphatic heterocycles. The molecular formula is H7NiPReSn. The zero-order valence-electron chi connectivity index (χ0n) is 1.40. The molecule has 0 aliphatic carbocycles. The first kappa shape index (κ1) is 32.6. The van der Waals surface area contributed by atoms with Gasteiger partial charge in [0.05, 0.1) is 0 Å². The normalized spacial score (nSPS) is 0. The molecule has 0 rings (SSSR count). The van der Waals surface area contributed by atoms with Crippen molar-refractivity contribution in [2.24, 2.45) is 0 Å². The standard InChI is InChI=1S/Ni.H3P.Re.Sn.4H/h;1H3;;;;;;. The van der Waals surface area contributed by atoms with Crippen LogP contribution in [0.3, 0.4) is 0 Å². The van der Waals surface area contributed by atoms with Crippen LogP contribution in [-0.2, 0) is 36.9 Å². The van der Waals surface area contributed by atoms with Gasteiger partial charge in [-0.25, -0.2) is 0 Å². The SMILES string of the molecule is P.[Ni].[Re].[SnH4]. The zero-order chi connectivity index (χ0) is 0. The second kappa shape index (κ2) is 18.2. The molecule has 4 heavy (non-hydrogen) atoms. The van der Waals surface area contributed by atoms with E-state index in [1.807, 2.05) is 0 Å². The summed E-state index contributed by atoms with van der Waals surface area (Å²) in [4.78, 5) is 0. The predicted molar refractivity (Wildman–Crippen MR) is 22.4 cm³/mol. The second-order valence-electron chi connectivity index (χ2n) is 0.